The lowest BCUT2D eigenvalue weighted by Gasteiger charge is -2.38. The Bertz CT molecular complexity index is 674. The Morgan fingerprint density at radius 2 is 1.55 bits per heavy atom. The van der Waals surface area contributed by atoms with Gasteiger partial charge >= 0.3 is 18.0 Å². The highest BCUT2D eigenvalue weighted by Crippen LogP contribution is 2.35. The van der Waals surface area contributed by atoms with Crippen molar-refractivity contribution in [1.29, 1.82) is 0 Å². The zero-order valence-corrected chi connectivity index (χ0v) is 19.9. The minimum absolute atomic E-state index is 0.221. The first-order valence-electron chi connectivity index (χ1n) is 12.4. The lowest BCUT2D eigenvalue weighted by molar-refractivity contribution is -0.159. The van der Waals surface area contributed by atoms with Gasteiger partial charge < -0.3 is 29.6 Å². The van der Waals surface area contributed by atoms with Crippen LogP contribution in [0.2, 0.25) is 0 Å². The van der Waals surface area contributed by atoms with Gasteiger partial charge in [-0.15, -0.1) is 0 Å². The van der Waals surface area contributed by atoms with Gasteiger partial charge in [-0.05, 0) is 58.3 Å². The molecule has 33 heavy (non-hydrogen) atoms. The quantitative estimate of drug-likeness (QED) is 0.409. The van der Waals surface area contributed by atoms with E-state index in [-0.39, 0.29) is 18.6 Å². The van der Waals surface area contributed by atoms with Crippen molar-refractivity contribution in [2.45, 2.75) is 51.6 Å². The van der Waals surface area contributed by atoms with Crippen LogP contribution in [0.5, 0.6) is 0 Å². The first-order chi connectivity index (χ1) is 15.8. The number of hydrogen-bond donors (Lipinski definition) is 2. The Labute approximate surface area is 196 Å². The summed E-state index contributed by atoms with van der Waals surface area (Å²) in [5, 5.41) is 18.6. The van der Waals surface area contributed by atoms with Crippen LogP contribution in [0.4, 0.5) is 4.79 Å². The molecule has 0 aromatic heterocycles. The molecule has 10 nitrogen and oxygen atoms in total. The monoisotopic (exact) mass is 468 g/mol. The fraction of sp³-hybridized carbons (Fsp3) is 0.870. The van der Waals surface area contributed by atoms with Crippen molar-refractivity contribution in [1.82, 2.24) is 19.6 Å². The van der Waals surface area contributed by atoms with Crippen LogP contribution in [0.1, 0.15) is 45.4 Å². The molecule has 0 bridgehead atoms. The normalized spacial score (nSPS) is 24.7. The van der Waals surface area contributed by atoms with Crippen LogP contribution >= 0.6 is 0 Å². The van der Waals surface area contributed by atoms with Crippen molar-refractivity contribution in [3.05, 3.63) is 0 Å². The molecule has 188 valence electrons. The zero-order valence-electron chi connectivity index (χ0n) is 19.9. The molecular formula is C23H40N4O6. The molecule has 1 atom stereocenters. The highest BCUT2D eigenvalue weighted by atomic mass is 16.6. The molecule has 10 heteroatoms. The van der Waals surface area contributed by atoms with E-state index in [0.717, 1.165) is 45.6 Å². The lowest BCUT2D eigenvalue weighted by Crippen LogP contribution is -2.47. The maximum Gasteiger partial charge on any atom is 0.410 e. The van der Waals surface area contributed by atoms with Crippen LogP contribution in [0.3, 0.4) is 0 Å². The van der Waals surface area contributed by atoms with Gasteiger partial charge in [0, 0.05) is 39.3 Å². The molecule has 0 aliphatic carbocycles. The third-order valence-corrected chi connectivity index (χ3v) is 7.33. The van der Waals surface area contributed by atoms with E-state index >= 15 is 0 Å². The maximum atomic E-state index is 12.3. The Morgan fingerprint density at radius 3 is 2.12 bits per heavy atom. The molecule has 1 amide bonds. The second kappa shape index (κ2) is 12.0. The van der Waals surface area contributed by atoms with E-state index in [0.29, 0.717) is 45.6 Å². The smallest absolute Gasteiger partial charge is 0.410 e. The molecule has 2 N–H and O–H groups in total. The number of carboxylic acid groups (broad SMARTS) is 2. The summed E-state index contributed by atoms with van der Waals surface area (Å²) >= 11 is 0. The molecule has 3 heterocycles. The fourth-order valence-electron chi connectivity index (χ4n) is 5.25. The molecule has 1 unspecified atom stereocenters. The molecule has 0 spiro atoms. The second-order valence-corrected chi connectivity index (χ2v) is 9.80. The summed E-state index contributed by atoms with van der Waals surface area (Å²) < 4.78 is 5.54. The summed E-state index contributed by atoms with van der Waals surface area (Å²) in [4.78, 5) is 43.9. The van der Waals surface area contributed by atoms with Crippen LogP contribution < -0.4 is 0 Å². The van der Waals surface area contributed by atoms with Gasteiger partial charge in [0.25, 0.3) is 0 Å². The van der Waals surface area contributed by atoms with Crippen LogP contribution in [-0.2, 0) is 14.3 Å². The Kier molecular flexibility index (Phi) is 9.34. The topological polar surface area (TPSA) is 114 Å². The highest BCUT2D eigenvalue weighted by molar-refractivity contribution is 5.81. The van der Waals surface area contributed by atoms with Crippen molar-refractivity contribution in [3.8, 4) is 0 Å². The average Bonchev–Trinajstić information content (AvgIpc) is 3.12. The Balaban J connectivity index is 1.32. The van der Waals surface area contributed by atoms with E-state index in [1.165, 1.54) is 13.0 Å². The molecule has 0 aromatic rings. The van der Waals surface area contributed by atoms with E-state index in [2.05, 4.69) is 21.6 Å². The number of carbonyl (C=O) groups excluding carboxylic acids is 1. The number of likely N-dealkylation sites (tertiary alicyclic amines) is 1. The minimum Gasteiger partial charge on any atom is -0.481 e. The number of amides is 1. The Hall–Kier alpha value is -1.91. The predicted molar refractivity (Wildman–Crippen MR) is 122 cm³/mol. The zero-order chi connectivity index (χ0) is 23.8. The van der Waals surface area contributed by atoms with Gasteiger partial charge in [-0.1, -0.05) is 6.92 Å². The van der Waals surface area contributed by atoms with E-state index < -0.39 is 17.4 Å². The van der Waals surface area contributed by atoms with Crippen molar-refractivity contribution < 1.29 is 29.3 Å². The molecule has 0 saturated carbocycles. The van der Waals surface area contributed by atoms with Gasteiger partial charge in [0.05, 0.1) is 18.4 Å². The average molecular weight is 469 g/mol. The number of carboxylic acids is 2. The summed E-state index contributed by atoms with van der Waals surface area (Å²) in [7, 11) is 0. The van der Waals surface area contributed by atoms with Crippen LogP contribution in [0, 0.1) is 5.41 Å². The van der Waals surface area contributed by atoms with E-state index in [1.54, 1.807) is 4.90 Å². The van der Waals surface area contributed by atoms with Gasteiger partial charge in [0.2, 0.25) is 0 Å². The molecule has 3 aliphatic rings. The Morgan fingerprint density at radius 1 is 0.939 bits per heavy atom. The van der Waals surface area contributed by atoms with Crippen LogP contribution in [0.25, 0.3) is 0 Å². The highest BCUT2D eigenvalue weighted by Gasteiger charge is 2.44. The summed E-state index contributed by atoms with van der Waals surface area (Å²) in [6, 6.07) is 0. The first-order valence-corrected chi connectivity index (χ1v) is 12.4. The van der Waals surface area contributed by atoms with Gasteiger partial charge in [-0.2, -0.15) is 0 Å². The number of piperazine rings is 1. The molecule has 3 fully saturated rings. The number of piperidine rings is 1. The standard InChI is InChI=1S/C23H40N4O6/c1-2-7-24-12-14-25(15-13-24)8-3-4-9-27-18-19(33-22(27)32)17-26-10-5-23(6-11-26,21(30)31)16-20(28)29/h19H,2-18H2,1H3,(H,28,29)(H,30,31). The van der Waals surface area contributed by atoms with Gasteiger partial charge in [-0.3, -0.25) is 14.5 Å². The van der Waals surface area contributed by atoms with Gasteiger partial charge in [0.1, 0.15) is 6.10 Å². The molecule has 0 radical (unpaired) electrons. The van der Waals surface area contributed by atoms with E-state index in [9.17, 15) is 19.5 Å². The van der Waals surface area contributed by atoms with Gasteiger partial charge in [0.15, 0.2) is 0 Å². The molecule has 0 aromatic carbocycles. The molecule has 3 rings (SSSR count). The number of rotatable bonds is 12. The van der Waals surface area contributed by atoms with E-state index in [1.807, 2.05) is 0 Å². The van der Waals surface area contributed by atoms with Crippen molar-refractivity contribution in [2.24, 2.45) is 5.41 Å². The maximum absolute atomic E-state index is 12.3. The number of ether oxygens (including phenoxy) is 1. The summed E-state index contributed by atoms with van der Waals surface area (Å²) in [5.41, 5.74) is -1.19. The second-order valence-electron chi connectivity index (χ2n) is 9.80. The summed E-state index contributed by atoms with van der Waals surface area (Å²) in [6.45, 7) is 11.8. The third-order valence-electron chi connectivity index (χ3n) is 7.33. The molecule has 3 saturated heterocycles. The number of nitrogens with zero attached hydrogens (tertiary/aromatic N) is 4. The number of aliphatic carboxylic acids is 2. The molecule has 3 aliphatic heterocycles. The van der Waals surface area contributed by atoms with Crippen LogP contribution in [0.15, 0.2) is 0 Å². The van der Waals surface area contributed by atoms with Crippen molar-refractivity contribution in [2.75, 3.05) is 72.0 Å². The molecular weight excluding hydrogens is 428 g/mol. The van der Waals surface area contributed by atoms with E-state index in [4.69, 9.17) is 9.84 Å². The first kappa shape index (κ1) is 25.7. The number of hydrogen-bond acceptors (Lipinski definition) is 7. The largest absolute Gasteiger partial charge is 0.481 e. The summed E-state index contributed by atoms with van der Waals surface area (Å²) in [5.74, 6) is -2.11. The summed E-state index contributed by atoms with van der Waals surface area (Å²) in [6.07, 6.45) is 2.98. The van der Waals surface area contributed by atoms with Crippen LogP contribution in [-0.4, -0.2) is 126 Å². The SMILES string of the molecule is CCCN1CCN(CCCCN2CC(CN3CCC(CC(=O)O)(C(=O)O)CC3)OC2=O)CC1. The number of cyclic esters (lactones) is 1. The number of unbranched alkanes of at least 4 members (excludes halogenated alkanes) is 1. The predicted octanol–water partition coefficient (Wildman–Crippen LogP) is 1.26. The number of carbonyl (C=O) groups is 3. The fourth-order valence-corrected chi connectivity index (χ4v) is 5.25. The van der Waals surface area contributed by atoms with Gasteiger partial charge in [-0.25, -0.2) is 4.79 Å². The minimum atomic E-state index is -1.19. The van der Waals surface area contributed by atoms with Crippen molar-refractivity contribution >= 4 is 18.0 Å². The third kappa shape index (κ3) is 7.28. The lowest BCUT2D eigenvalue weighted by atomic mass is 9.75. The van der Waals surface area contributed by atoms with Crippen molar-refractivity contribution in [3.63, 3.8) is 0 Å².